The Hall–Kier alpha value is -1.04. The number of ether oxygens (including phenoxy) is 1. The van der Waals surface area contributed by atoms with E-state index in [2.05, 4.69) is 10.3 Å². The third-order valence-corrected chi connectivity index (χ3v) is 2.64. The molecule has 0 aliphatic rings. The van der Waals surface area contributed by atoms with Gasteiger partial charge in [-0.2, -0.15) is 0 Å². The summed E-state index contributed by atoms with van der Waals surface area (Å²) in [5.41, 5.74) is 6.01. The highest BCUT2D eigenvalue weighted by molar-refractivity contribution is 6.32. The molecule has 19 heavy (non-hydrogen) atoms. The number of nitrogens with two attached hydrogens (primary N) is 1. The highest BCUT2D eigenvalue weighted by Gasteiger charge is 2.18. The fraction of sp³-hybridized carbons (Fsp3) is 0.500. The van der Waals surface area contributed by atoms with Crippen molar-refractivity contribution in [3.8, 4) is 0 Å². The van der Waals surface area contributed by atoms with Crippen molar-refractivity contribution in [1.82, 2.24) is 10.3 Å². The average molecular weight is 306 g/mol. The second-order valence-electron chi connectivity index (χ2n) is 5.02. The van der Waals surface area contributed by atoms with Gasteiger partial charge in [-0.05, 0) is 32.4 Å². The Balaban J connectivity index is 2.58. The summed E-state index contributed by atoms with van der Waals surface area (Å²) in [4.78, 5) is 15.3. The predicted octanol–water partition coefficient (Wildman–Crippen LogP) is 2.91. The van der Waals surface area contributed by atoms with Crippen LogP contribution in [0.1, 0.15) is 32.4 Å². The summed E-state index contributed by atoms with van der Waals surface area (Å²) in [6.45, 7) is 5.54. The summed E-state index contributed by atoms with van der Waals surface area (Å²) >= 11 is 11.7. The van der Waals surface area contributed by atoms with Gasteiger partial charge in [-0.3, -0.25) is 0 Å². The molecule has 0 fully saturated rings. The van der Waals surface area contributed by atoms with Gasteiger partial charge in [0.2, 0.25) is 0 Å². The average Bonchev–Trinajstić information content (AvgIpc) is 2.27. The van der Waals surface area contributed by atoms with Gasteiger partial charge in [0.15, 0.2) is 0 Å². The molecule has 1 atom stereocenters. The first-order valence-corrected chi connectivity index (χ1v) is 6.48. The quantitative estimate of drug-likeness (QED) is 0.842. The van der Waals surface area contributed by atoms with E-state index >= 15 is 0 Å². The number of carbonyl (C=O) groups is 1. The molecule has 0 bridgehead atoms. The second kappa shape index (κ2) is 6.41. The highest BCUT2D eigenvalue weighted by atomic mass is 35.5. The summed E-state index contributed by atoms with van der Waals surface area (Å²) in [5.74, 6) is 0. The molecule has 1 aromatic rings. The smallest absolute Gasteiger partial charge is 0.407 e. The van der Waals surface area contributed by atoms with Gasteiger partial charge in [-0.15, -0.1) is 0 Å². The lowest BCUT2D eigenvalue weighted by molar-refractivity contribution is 0.0524. The van der Waals surface area contributed by atoms with Crippen LogP contribution in [0, 0.1) is 0 Å². The Morgan fingerprint density at radius 1 is 1.53 bits per heavy atom. The number of halogens is 2. The van der Waals surface area contributed by atoms with Crippen LogP contribution < -0.4 is 11.1 Å². The maximum Gasteiger partial charge on any atom is 0.407 e. The zero-order chi connectivity index (χ0) is 14.6. The van der Waals surface area contributed by atoms with Crippen LogP contribution in [0.15, 0.2) is 12.3 Å². The number of nitrogens with one attached hydrogen (secondary N) is 1. The molecule has 106 valence electrons. The molecular formula is C12H17Cl2N3O2. The Morgan fingerprint density at radius 2 is 2.16 bits per heavy atom. The molecule has 0 aromatic carbocycles. The first kappa shape index (κ1) is 16.0. The molecule has 1 rings (SSSR count). The zero-order valence-electron chi connectivity index (χ0n) is 11.0. The summed E-state index contributed by atoms with van der Waals surface area (Å²) in [7, 11) is 0. The van der Waals surface area contributed by atoms with E-state index in [0.717, 1.165) is 0 Å². The number of alkyl carbamates (subject to hydrolysis) is 1. The van der Waals surface area contributed by atoms with Gasteiger partial charge in [-0.25, -0.2) is 9.78 Å². The fourth-order valence-electron chi connectivity index (χ4n) is 1.33. The van der Waals surface area contributed by atoms with Crippen LogP contribution in [0.4, 0.5) is 4.79 Å². The van der Waals surface area contributed by atoms with Crippen molar-refractivity contribution in [1.29, 1.82) is 0 Å². The van der Waals surface area contributed by atoms with Crippen LogP contribution in [-0.4, -0.2) is 23.2 Å². The molecule has 1 unspecified atom stereocenters. The van der Waals surface area contributed by atoms with Gasteiger partial charge in [0.25, 0.3) is 0 Å². The van der Waals surface area contributed by atoms with Crippen molar-refractivity contribution in [2.45, 2.75) is 32.4 Å². The van der Waals surface area contributed by atoms with Crippen molar-refractivity contribution in [2.24, 2.45) is 5.73 Å². The van der Waals surface area contributed by atoms with Crippen molar-refractivity contribution >= 4 is 29.3 Å². The number of carbonyl (C=O) groups excluding carboxylic acids is 1. The van der Waals surface area contributed by atoms with Gasteiger partial charge in [0.1, 0.15) is 10.8 Å². The Morgan fingerprint density at radius 3 is 2.74 bits per heavy atom. The van der Waals surface area contributed by atoms with Crippen molar-refractivity contribution in [3.05, 3.63) is 28.0 Å². The topological polar surface area (TPSA) is 77.2 Å². The van der Waals surface area contributed by atoms with Crippen LogP contribution in [0.25, 0.3) is 0 Å². The minimum Gasteiger partial charge on any atom is -0.444 e. The molecule has 5 nitrogen and oxygen atoms in total. The van der Waals surface area contributed by atoms with Gasteiger partial charge < -0.3 is 15.8 Å². The van der Waals surface area contributed by atoms with Crippen molar-refractivity contribution < 1.29 is 9.53 Å². The Kier molecular flexibility index (Phi) is 5.40. The molecule has 0 aliphatic carbocycles. The molecule has 1 aromatic heterocycles. The number of aromatic nitrogens is 1. The number of amides is 1. The third-order valence-electron chi connectivity index (χ3n) is 2.12. The number of hydrogen-bond donors (Lipinski definition) is 2. The molecule has 1 amide bonds. The zero-order valence-corrected chi connectivity index (χ0v) is 12.5. The van der Waals surface area contributed by atoms with Crippen LogP contribution in [0.3, 0.4) is 0 Å². The largest absolute Gasteiger partial charge is 0.444 e. The summed E-state index contributed by atoms with van der Waals surface area (Å²) in [6.07, 6.45) is 0.895. The van der Waals surface area contributed by atoms with E-state index in [-0.39, 0.29) is 6.54 Å². The summed E-state index contributed by atoms with van der Waals surface area (Å²) in [6, 6.07) is 1.09. The number of rotatable bonds is 3. The lowest BCUT2D eigenvalue weighted by Gasteiger charge is -2.21. The van der Waals surface area contributed by atoms with E-state index in [4.69, 9.17) is 33.7 Å². The second-order valence-corrected chi connectivity index (χ2v) is 5.81. The maximum atomic E-state index is 11.5. The molecular weight excluding hydrogens is 289 g/mol. The predicted molar refractivity (Wildman–Crippen MR) is 75.4 cm³/mol. The lowest BCUT2D eigenvalue weighted by atomic mass is 10.1. The SMILES string of the molecule is CC(C)(C)OC(=O)NCC(N)c1cc(Cl)ncc1Cl. The molecule has 7 heteroatoms. The molecule has 1 heterocycles. The molecule has 3 N–H and O–H groups in total. The molecule has 0 aliphatic heterocycles. The normalized spacial score (nSPS) is 12.9. The van der Waals surface area contributed by atoms with Gasteiger partial charge in [0.05, 0.1) is 5.02 Å². The monoisotopic (exact) mass is 305 g/mol. The van der Waals surface area contributed by atoms with E-state index in [9.17, 15) is 4.79 Å². The van der Waals surface area contributed by atoms with E-state index in [0.29, 0.717) is 15.7 Å². The molecule has 0 spiro atoms. The minimum absolute atomic E-state index is 0.189. The van der Waals surface area contributed by atoms with Crippen LogP contribution in [-0.2, 0) is 4.74 Å². The Labute approximate surface area is 122 Å². The van der Waals surface area contributed by atoms with E-state index in [1.165, 1.54) is 6.20 Å². The van der Waals surface area contributed by atoms with Gasteiger partial charge in [0, 0.05) is 18.8 Å². The summed E-state index contributed by atoms with van der Waals surface area (Å²) in [5, 5.41) is 3.28. The third kappa shape index (κ3) is 5.63. The van der Waals surface area contributed by atoms with Crippen LogP contribution in [0.2, 0.25) is 10.2 Å². The van der Waals surface area contributed by atoms with Crippen LogP contribution in [0.5, 0.6) is 0 Å². The van der Waals surface area contributed by atoms with Crippen molar-refractivity contribution in [3.63, 3.8) is 0 Å². The van der Waals surface area contributed by atoms with E-state index in [1.807, 2.05) is 0 Å². The standard InChI is InChI=1S/C12H17Cl2N3O2/c1-12(2,3)19-11(18)17-6-9(15)7-4-10(14)16-5-8(7)13/h4-5,9H,6,15H2,1-3H3,(H,17,18). The number of hydrogen-bond acceptors (Lipinski definition) is 4. The maximum absolute atomic E-state index is 11.5. The Bertz CT molecular complexity index is 461. The first-order chi connectivity index (χ1) is 8.69. The molecule has 0 radical (unpaired) electrons. The number of nitrogens with zero attached hydrogens (tertiary/aromatic N) is 1. The van der Waals surface area contributed by atoms with E-state index in [1.54, 1.807) is 26.8 Å². The van der Waals surface area contributed by atoms with Crippen molar-refractivity contribution in [2.75, 3.05) is 6.54 Å². The minimum atomic E-state index is -0.550. The molecule has 0 saturated carbocycles. The molecule has 0 saturated heterocycles. The van der Waals surface area contributed by atoms with Gasteiger partial charge >= 0.3 is 6.09 Å². The lowest BCUT2D eigenvalue weighted by Crippen LogP contribution is -2.36. The van der Waals surface area contributed by atoms with Crippen LogP contribution >= 0.6 is 23.2 Å². The number of pyridine rings is 1. The first-order valence-electron chi connectivity index (χ1n) is 5.72. The highest BCUT2D eigenvalue weighted by Crippen LogP contribution is 2.22. The van der Waals surface area contributed by atoms with Gasteiger partial charge in [-0.1, -0.05) is 23.2 Å². The van der Waals surface area contributed by atoms with E-state index < -0.39 is 17.7 Å². The summed E-state index contributed by atoms with van der Waals surface area (Å²) < 4.78 is 5.10. The fourth-order valence-corrected chi connectivity index (χ4v) is 1.74.